The first-order valence-corrected chi connectivity index (χ1v) is 9.36. The number of aromatic nitrogens is 1. The summed E-state index contributed by atoms with van der Waals surface area (Å²) in [5, 5.41) is 15.1. The Morgan fingerprint density at radius 2 is 2.00 bits per heavy atom. The number of nitrogens with one attached hydrogen (secondary N) is 1. The van der Waals surface area contributed by atoms with Crippen LogP contribution in [0, 0.1) is 11.3 Å². The number of hydrogen-bond acceptors (Lipinski definition) is 7. The van der Waals surface area contributed by atoms with E-state index in [-0.39, 0.29) is 12.6 Å². The molecule has 1 aromatic heterocycles. The van der Waals surface area contributed by atoms with Crippen molar-refractivity contribution in [1.82, 2.24) is 4.98 Å². The van der Waals surface area contributed by atoms with Gasteiger partial charge in [0.15, 0.2) is 17.3 Å². The third-order valence-electron chi connectivity index (χ3n) is 4.20. The monoisotopic (exact) mass is 389 g/mol. The molecule has 1 aliphatic rings. The number of hydrogen-bond donors (Lipinski definition) is 1. The summed E-state index contributed by atoms with van der Waals surface area (Å²) in [4.78, 5) is 15.9. The fourth-order valence-corrected chi connectivity index (χ4v) is 3.48. The SMILES string of the molecule is CC(=O)c1ccc(N/C=C(/C#N)c2nc(-c3ccc4c(c3)OCO4)cs2)cc1. The van der Waals surface area contributed by atoms with Crippen LogP contribution in [-0.4, -0.2) is 17.6 Å². The van der Waals surface area contributed by atoms with Gasteiger partial charge in [0.05, 0.1) is 5.69 Å². The zero-order valence-corrected chi connectivity index (χ0v) is 15.7. The van der Waals surface area contributed by atoms with Crippen molar-refractivity contribution in [1.29, 1.82) is 5.26 Å². The zero-order valence-electron chi connectivity index (χ0n) is 14.9. The number of nitriles is 1. The van der Waals surface area contributed by atoms with Crippen molar-refractivity contribution in [3.05, 3.63) is 64.6 Å². The normalized spacial score (nSPS) is 12.5. The summed E-state index contributed by atoms with van der Waals surface area (Å²) < 4.78 is 10.7. The van der Waals surface area contributed by atoms with Gasteiger partial charge in [0, 0.05) is 28.4 Å². The fourth-order valence-electron chi connectivity index (χ4n) is 2.68. The Bertz CT molecular complexity index is 1110. The van der Waals surface area contributed by atoms with Crippen LogP contribution in [0.5, 0.6) is 11.5 Å². The van der Waals surface area contributed by atoms with Crippen molar-refractivity contribution in [2.75, 3.05) is 12.1 Å². The number of anilines is 1. The molecule has 0 atom stereocenters. The molecule has 7 heteroatoms. The third-order valence-corrected chi connectivity index (χ3v) is 5.07. The molecule has 3 aromatic rings. The predicted molar refractivity (Wildman–Crippen MR) is 107 cm³/mol. The van der Waals surface area contributed by atoms with Gasteiger partial charge in [-0.15, -0.1) is 11.3 Å². The van der Waals surface area contributed by atoms with Gasteiger partial charge in [-0.3, -0.25) is 4.79 Å². The van der Waals surface area contributed by atoms with Crippen molar-refractivity contribution in [2.45, 2.75) is 6.92 Å². The van der Waals surface area contributed by atoms with Gasteiger partial charge in [0.1, 0.15) is 16.6 Å². The maximum atomic E-state index is 11.3. The first-order valence-electron chi connectivity index (χ1n) is 8.48. The number of carbonyl (C=O) groups excluding carboxylic acids is 1. The van der Waals surface area contributed by atoms with Crippen molar-refractivity contribution in [3.63, 3.8) is 0 Å². The van der Waals surface area contributed by atoms with Crippen LogP contribution in [-0.2, 0) is 0 Å². The number of benzene rings is 2. The average Bonchev–Trinajstić information content (AvgIpc) is 3.38. The largest absolute Gasteiger partial charge is 0.454 e. The maximum absolute atomic E-state index is 11.3. The van der Waals surface area contributed by atoms with Gasteiger partial charge in [-0.1, -0.05) is 0 Å². The molecule has 0 unspecified atom stereocenters. The second kappa shape index (κ2) is 7.55. The van der Waals surface area contributed by atoms with E-state index in [1.165, 1.54) is 18.3 Å². The zero-order chi connectivity index (χ0) is 19.5. The Morgan fingerprint density at radius 1 is 1.21 bits per heavy atom. The topological polar surface area (TPSA) is 84.2 Å². The van der Waals surface area contributed by atoms with E-state index in [1.807, 2.05) is 23.6 Å². The standard InChI is InChI=1S/C21H15N3O3S/c1-13(25)14-2-5-17(6-3-14)23-10-16(9-22)21-24-18(11-28-21)15-4-7-19-20(8-15)27-12-26-19/h2-8,10-11,23H,12H2,1H3/b16-10-. The summed E-state index contributed by atoms with van der Waals surface area (Å²) in [6, 6.07) is 14.9. The number of nitrogens with zero attached hydrogens (tertiary/aromatic N) is 2. The Hall–Kier alpha value is -3.63. The van der Waals surface area contributed by atoms with Gasteiger partial charge >= 0.3 is 0 Å². The van der Waals surface area contributed by atoms with Crippen LogP contribution in [0.3, 0.4) is 0 Å². The Kier molecular flexibility index (Phi) is 4.79. The molecule has 0 radical (unpaired) electrons. The number of allylic oxidation sites excluding steroid dienone is 1. The number of carbonyl (C=O) groups is 1. The first-order chi connectivity index (χ1) is 13.6. The molecule has 2 heterocycles. The maximum Gasteiger partial charge on any atom is 0.231 e. The Balaban J connectivity index is 1.53. The second-order valence-corrected chi connectivity index (χ2v) is 6.91. The van der Waals surface area contributed by atoms with Gasteiger partial charge in [-0.25, -0.2) is 4.98 Å². The lowest BCUT2D eigenvalue weighted by Crippen LogP contribution is -1.94. The van der Waals surface area contributed by atoms with Crippen molar-refractivity contribution >= 4 is 28.4 Å². The minimum absolute atomic E-state index is 0.0126. The highest BCUT2D eigenvalue weighted by atomic mass is 32.1. The van der Waals surface area contributed by atoms with Crippen LogP contribution >= 0.6 is 11.3 Å². The van der Waals surface area contributed by atoms with Gasteiger partial charge < -0.3 is 14.8 Å². The summed E-state index contributed by atoms with van der Waals surface area (Å²) in [6.45, 7) is 1.75. The first kappa shape index (κ1) is 17.8. The number of Topliss-reactive ketones (excluding diaryl/α,β-unsaturated/α-hetero) is 1. The van der Waals surface area contributed by atoms with E-state index in [9.17, 15) is 10.1 Å². The van der Waals surface area contributed by atoms with Gasteiger partial charge in [0.2, 0.25) is 6.79 Å². The number of ether oxygens (including phenoxy) is 2. The lowest BCUT2D eigenvalue weighted by atomic mass is 10.1. The molecule has 28 heavy (non-hydrogen) atoms. The molecule has 0 saturated carbocycles. The van der Waals surface area contributed by atoms with Crippen LogP contribution in [0.15, 0.2) is 54.0 Å². The van der Waals surface area contributed by atoms with E-state index in [0.29, 0.717) is 21.9 Å². The minimum Gasteiger partial charge on any atom is -0.454 e. The second-order valence-electron chi connectivity index (χ2n) is 6.05. The van der Waals surface area contributed by atoms with E-state index >= 15 is 0 Å². The molecular weight excluding hydrogens is 374 g/mol. The van der Waals surface area contributed by atoms with E-state index in [0.717, 1.165) is 22.7 Å². The molecule has 2 aromatic carbocycles. The highest BCUT2D eigenvalue weighted by molar-refractivity contribution is 7.11. The summed E-state index contributed by atoms with van der Waals surface area (Å²) in [6.07, 6.45) is 1.62. The molecule has 0 amide bonds. The molecule has 0 fully saturated rings. The van der Waals surface area contributed by atoms with Crippen molar-refractivity contribution in [3.8, 4) is 28.8 Å². The van der Waals surface area contributed by atoms with Crippen molar-refractivity contribution < 1.29 is 14.3 Å². The molecule has 1 N–H and O–H groups in total. The molecular formula is C21H15N3O3S. The average molecular weight is 389 g/mol. The van der Waals surface area contributed by atoms with Crippen LogP contribution in [0.1, 0.15) is 22.3 Å². The highest BCUT2D eigenvalue weighted by Gasteiger charge is 2.16. The van der Waals surface area contributed by atoms with E-state index < -0.39 is 0 Å². The van der Waals surface area contributed by atoms with E-state index in [4.69, 9.17) is 9.47 Å². The predicted octanol–water partition coefficient (Wildman–Crippen LogP) is 4.72. The number of fused-ring (bicyclic) bond motifs is 1. The van der Waals surface area contributed by atoms with Crippen molar-refractivity contribution in [2.24, 2.45) is 0 Å². The van der Waals surface area contributed by atoms with Crippen LogP contribution in [0.4, 0.5) is 5.69 Å². The van der Waals surface area contributed by atoms with Crippen LogP contribution < -0.4 is 14.8 Å². The molecule has 1 aliphatic heterocycles. The quantitative estimate of drug-likeness (QED) is 0.502. The van der Waals surface area contributed by atoms with Crippen LogP contribution in [0.25, 0.3) is 16.8 Å². The van der Waals surface area contributed by atoms with E-state index in [2.05, 4.69) is 16.4 Å². The molecule has 0 aliphatic carbocycles. The Morgan fingerprint density at radius 3 is 2.75 bits per heavy atom. The minimum atomic E-state index is 0.0126. The molecule has 138 valence electrons. The molecule has 0 saturated heterocycles. The number of thiazole rings is 1. The smallest absolute Gasteiger partial charge is 0.231 e. The third kappa shape index (κ3) is 3.59. The number of ketones is 1. The molecule has 6 nitrogen and oxygen atoms in total. The molecule has 0 bridgehead atoms. The molecule has 0 spiro atoms. The fraction of sp³-hybridized carbons (Fsp3) is 0.0952. The summed E-state index contributed by atoms with van der Waals surface area (Å²) >= 11 is 1.39. The Labute approximate surface area is 165 Å². The summed E-state index contributed by atoms with van der Waals surface area (Å²) in [5.41, 5.74) is 3.52. The lowest BCUT2D eigenvalue weighted by Gasteiger charge is -2.02. The van der Waals surface area contributed by atoms with Gasteiger partial charge in [-0.05, 0) is 49.4 Å². The van der Waals surface area contributed by atoms with Crippen LogP contribution in [0.2, 0.25) is 0 Å². The summed E-state index contributed by atoms with van der Waals surface area (Å²) in [5.74, 6) is 1.43. The molecule has 4 rings (SSSR count). The summed E-state index contributed by atoms with van der Waals surface area (Å²) in [7, 11) is 0. The highest BCUT2D eigenvalue weighted by Crippen LogP contribution is 2.36. The van der Waals surface area contributed by atoms with Gasteiger partial charge in [0.25, 0.3) is 0 Å². The van der Waals surface area contributed by atoms with Gasteiger partial charge in [-0.2, -0.15) is 5.26 Å². The van der Waals surface area contributed by atoms with E-state index in [1.54, 1.807) is 30.5 Å². The number of rotatable bonds is 5. The lowest BCUT2D eigenvalue weighted by molar-refractivity contribution is 0.101.